The van der Waals surface area contributed by atoms with E-state index in [-0.39, 0.29) is 0 Å². The molecule has 0 heteroatoms. The summed E-state index contributed by atoms with van der Waals surface area (Å²) in [6.07, 6.45) is 10.8. The lowest BCUT2D eigenvalue weighted by atomic mass is 9.65. The molecular formula is C13H24. The van der Waals surface area contributed by atoms with E-state index >= 15 is 0 Å². The van der Waals surface area contributed by atoms with E-state index in [1.54, 1.807) is 25.7 Å². The molecular weight excluding hydrogens is 156 g/mol. The average Bonchev–Trinajstić information content (AvgIpc) is 2.17. The van der Waals surface area contributed by atoms with Crippen molar-refractivity contribution in [1.29, 1.82) is 0 Å². The zero-order valence-corrected chi connectivity index (χ0v) is 9.26. The molecule has 0 aromatic carbocycles. The third-order valence-electron chi connectivity index (χ3n) is 4.52. The lowest BCUT2D eigenvalue weighted by molar-refractivity contribution is 0.108. The van der Waals surface area contributed by atoms with Crippen LogP contribution in [0.3, 0.4) is 0 Å². The molecule has 0 spiro atoms. The summed E-state index contributed by atoms with van der Waals surface area (Å²) in [4.78, 5) is 0. The molecule has 0 aromatic heterocycles. The van der Waals surface area contributed by atoms with Crippen LogP contribution < -0.4 is 0 Å². The summed E-state index contributed by atoms with van der Waals surface area (Å²) in [5, 5.41) is 0. The Bertz CT molecular complexity index is 159. The predicted octanol–water partition coefficient (Wildman–Crippen LogP) is 4.25. The first-order chi connectivity index (χ1) is 6.27. The number of fused-ring (bicyclic) bond motifs is 1. The molecule has 0 N–H and O–H groups in total. The van der Waals surface area contributed by atoms with Crippen LogP contribution in [0.1, 0.15) is 58.8 Å². The Morgan fingerprint density at radius 3 is 2.23 bits per heavy atom. The molecule has 0 aromatic rings. The van der Waals surface area contributed by atoms with Gasteiger partial charge in [0.25, 0.3) is 0 Å². The highest BCUT2D eigenvalue weighted by molar-refractivity contribution is 4.83. The second-order valence-corrected chi connectivity index (χ2v) is 5.62. The van der Waals surface area contributed by atoms with Gasteiger partial charge in [0.1, 0.15) is 0 Å². The molecule has 2 rings (SSSR count). The second-order valence-electron chi connectivity index (χ2n) is 5.62. The van der Waals surface area contributed by atoms with Crippen molar-refractivity contribution in [2.24, 2.45) is 23.7 Å². The molecule has 76 valence electrons. The van der Waals surface area contributed by atoms with E-state index < -0.39 is 0 Å². The summed E-state index contributed by atoms with van der Waals surface area (Å²) in [6.45, 7) is 4.82. The van der Waals surface area contributed by atoms with Crippen LogP contribution in [0, 0.1) is 23.7 Å². The highest BCUT2D eigenvalue weighted by Crippen LogP contribution is 2.44. The van der Waals surface area contributed by atoms with E-state index in [1.165, 1.54) is 19.3 Å². The Morgan fingerprint density at radius 1 is 0.846 bits per heavy atom. The summed E-state index contributed by atoms with van der Waals surface area (Å²) < 4.78 is 0. The van der Waals surface area contributed by atoms with Gasteiger partial charge in [-0.3, -0.25) is 0 Å². The zero-order valence-electron chi connectivity index (χ0n) is 9.26. The van der Waals surface area contributed by atoms with Gasteiger partial charge in [-0.15, -0.1) is 0 Å². The summed E-state index contributed by atoms with van der Waals surface area (Å²) in [5.41, 5.74) is 0. The monoisotopic (exact) mass is 180 g/mol. The molecule has 0 amide bonds. The van der Waals surface area contributed by atoms with Crippen molar-refractivity contribution in [2.75, 3.05) is 0 Å². The molecule has 2 fully saturated rings. The Morgan fingerprint density at radius 2 is 1.54 bits per heavy atom. The molecule has 0 radical (unpaired) electrons. The van der Waals surface area contributed by atoms with Gasteiger partial charge < -0.3 is 0 Å². The fourth-order valence-corrected chi connectivity index (χ4v) is 3.52. The lowest BCUT2D eigenvalue weighted by Gasteiger charge is -2.40. The normalized spacial score (nSPS) is 40.4. The van der Waals surface area contributed by atoms with E-state index in [4.69, 9.17) is 0 Å². The van der Waals surface area contributed by atoms with Gasteiger partial charge in [0.15, 0.2) is 0 Å². The molecule has 0 nitrogen and oxygen atoms in total. The van der Waals surface area contributed by atoms with Crippen LogP contribution in [0.25, 0.3) is 0 Å². The van der Waals surface area contributed by atoms with E-state index in [1.807, 2.05) is 0 Å². The van der Waals surface area contributed by atoms with Crippen molar-refractivity contribution in [3.05, 3.63) is 0 Å². The van der Waals surface area contributed by atoms with Crippen molar-refractivity contribution in [1.82, 2.24) is 0 Å². The van der Waals surface area contributed by atoms with E-state index in [2.05, 4.69) is 13.8 Å². The topological polar surface area (TPSA) is 0 Å². The van der Waals surface area contributed by atoms with Crippen molar-refractivity contribution in [2.45, 2.75) is 58.8 Å². The molecule has 0 unspecified atom stereocenters. The van der Waals surface area contributed by atoms with Gasteiger partial charge >= 0.3 is 0 Å². The Balaban J connectivity index is 1.91. The van der Waals surface area contributed by atoms with Gasteiger partial charge in [-0.1, -0.05) is 39.5 Å². The quantitative estimate of drug-likeness (QED) is 0.566. The molecule has 0 heterocycles. The van der Waals surface area contributed by atoms with E-state index in [9.17, 15) is 0 Å². The summed E-state index contributed by atoms with van der Waals surface area (Å²) in [5.74, 6) is 4.24. The Kier molecular flexibility index (Phi) is 2.96. The Hall–Kier alpha value is 0. The minimum absolute atomic E-state index is 0.933. The minimum atomic E-state index is 0.933. The van der Waals surface area contributed by atoms with Crippen molar-refractivity contribution in [3.63, 3.8) is 0 Å². The lowest BCUT2D eigenvalue weighted by Crippen LogP contribution is -2.29. The first-order valence-electron chi connectivity index (χ1n) is 6.27. The highest BCUT2D eigenvalue weighted by atomic mass is 14.4. The van der Waals surface area contributed by atoms with Crippen LogP contribution in [0.5, 0.6) is 0 Å². The first-order valence-corrected chi connectivity index (χ1v) is 6.27. The zero-order chi connectivity index (χ0) is 9.26. The molecule has 2 aliphatic carbocycles. The Labute approximate surface area is 83.1 Å². The van der Waals surface area contributed by atoms with Crippen LogP contribution >= 0.6 is 0 Å². The fourth-order valence-electron chi connectivity index (χ4n) is 3.52. The second kappa shape index (κ2) is 4.02. The highest BCUT2D eigenvalue weighted by Gasteiger charge is 2.32. The third kappa shape index (κ3) is 2.08. The molecule has 2 saturated carbocycles. The van der Waals surface area contributed by atoms with Gasteiger partial charge in [0, 0.05) is 0 Å². The summed E-state index contributed by atoms with van der Waals surface area (Å²) in [6, 6.07) is 0. The van der Waals surface area contributed by atoms with Crippen LogP contribution in [0.4, 0.5) is 0 Å². The van der Waals surface area contributed by atoms with Crippen molar-refractivity contribution in [3.8, 4) is 0 Å². The summed E-state index contributed by atoms with van der Waals surface area (Å²) >= 11 is 0. The smallest absolute Gasteiger partial charge is 0.0383 e. The van der Waals surface area contributed by atoms with Gasteiger partial charge in [-0.05, 0) is 42.9 Å². The molecule has 2 aliphatic rings. The molecule has 13 heavy (non-hydrogen) atoms. The van der Waals surface area contributed by atoms with Crippen LogP contribution in [-0.2, 0) is 0 Å². The van der Waals surface area contributed by atoms with E-state index in [0.717, 1.165) is 23.7 Å². The molecule has 0 saturated heterocycles. The van der Waals surface area contributed by atoms with Crippen molar-refractivity contribution >= 4 is 0 Å². The van der Waals surface area contributed by atoms with Crippen molar-refractivity contribution < 1.29 is 0 Å². The first kappa shape index (κ1) is 9.55. The van der Waals surface area contributed by atoms with Crippen LogP contribution in [0.15, 0.2) is 0 Å². The summed E-state index contributed by atoms with van der Waals surface area (Å²) in [7, 11) is 0. The standard InChI is InChI=1S/C13H24/c1-10(2)12-8-7-11-5-3-4-6-13(11)9-12/h10-13H,3-9H2,1-2H3/t11-,12-,13+/m1/s1. The number of hydrogen-bond donors (Lipinski definition) is 0. The fraction of sp³-hybridized carbons (Fsp3) is 1.00. The van der Waals surface area contributed by atoms with Gasteiger partial charge in [-0.25, -0.2) is 0 Å². The van der Waals surface area contributed by atoms with Crippen LogP contribution in [-0.4, -0.2) is 0 Å². The minimum Gasteiger partial charge on any atom is -0.0625 e. The van der Waals surface area contributed by atoms with Gasteiger partial charge in [0.2, 0.25) is 0 Å². The molecule has 3 atom stereocenters. The predicted molar refractivity (Wildman–Crippen MR) is 57.6 cm³/mol. The SMILES string of the molecule is CC(C)[C@@H]1CC[C@H]2CCCC[C@H]2C1. The third-order valence-corrected chi connectivity index (χ3v) is 4.52. The number of rotatable bonds is 1. The maximum absolute atomic E-state index is 2.41. The average molecular weight is 180 g/mol. The van der Waals surface area contributed by atoms with Crippen LogP contribution in [0.2, 0.25) is 0 Å². The van der Waals surface area contributed by atoms with E-state index in [0.29, 0.717) is 0 Å². The molecule has 0 aliphatic heterocycles. The van der Waals surface area contributed by atoms with Gasteiger partial charge in [-0.2, -0.15) is 0 Å². The largest absolute Gasteiger partial charge is 0.0625 e. The number of hydrogen-bond acceptors (Lipinski definition) is 0. The maximum atomic E-state index is 2.41. The maximum Gasteiger partial charge on any atom is -0.0383 e. The molecule has 0 bridgehead atoms. The van der Waals surface area contributed by atoms with Gasteiger partial charge in [0.05, 0.1) is 0 Å².